The molecular formula is C12H13NO5. The van der Waals surface area contributed by atoms with Crippen LogP contribution < -0.4 is 14.8 Å². The lowest BCUT2D eigenvalue weighted by Gasteiger charge is -2.11. The normalized spacial score (nSPS) is 13.9. The minimum atomic E-state index is -0.856. The maximum absolute atomic E-state index is 12.0. The molecule has 18 heavy (non-hydrogen) atoms. The summed E-state index contributed by atoms with van der Waals surface area (Å²) in [6, 6.07) is 4.84. The van der Waals surface area contributed by atoms with Crippen LogP contribution in [-0.2, 0) is 4.74 Å². The summed E-state index contributed by atoms with van der Waals surface area (Å²) in [6.07, 6.45) is -1.50. The molecule has 96 valence electrons. The van der Waals surface area contributed by atoms with Crippen molar-refractivity contribution >= 4 is 11.9 Å². The Hall–Kier alpha value is -2.24. The van der Waals surface area contributed by atoms with Gasteiger partial charge in [0, 0.05) is 12.6 Å². The Morgan fingerprint density at radius 1 is 1.33 bits per heavy atom. The van der Waals surface area contributed by atoms with Gasteiger partial charge in [-0.1, -0.05) is 0 Å². The molecule has 6 nitrogen and oxygen atoms in total. The Morgan fingerprint density at radius 3 is 2.78 bits per heavy atom. The first-order valence-electron chi connectivity index (χ1n) is 5.44. The van der Waals surface area contributed by atoms with Crippen molar-refractivity contribution in [3.63, 3.8) is 0 Å². The zero-order valence-electron chi connectivity index (χ0n) is 10.1. The van der Waals surface area contributed by atoms with E-state index in [-0.39, 0.29) is 12.6 Å². The summed E-state index contributed by atoms with van der Waals surface area (Å²) < 4.78 is 15.2. The molecule has 0 aliphatic carbocycles. The summed E-state index contributed by atoms with van der Waals surface area (Å²) >= 11 is 0. The maximum Gasteiger partial charge on any atom is 0.407 e. The van der Waals surface area contributed by atoms with E-state index in [9.17, 15) is 9.59 Å². The van der Waals surface area contributed by atoms with E-state index in [4.69, 9.17) is 14.2 Å². The summed E-state index contributed by atoms with van der Waals surface area (Å²) in [6.45, 7) is 1.67. The molecule has 0 fully saturated rings. The molecule has 0 saturated carbocycles. The lowest BCUT2D eigenvalue weighted by Crippen LogP contribution is -2.29. The Kier molecular flexibility index (Phi) is 3.36. The third-order valence-corrected chi connectivity index (χ3v) is 2.51. The smallest absolute Gasteiger partial charge is 0.407 e. The molecule has 0 unspecified atom stereocenters. The van der Waals surface area contributed by atoms with Crippen LogP contribution in [-0.4, -0.2) is 31.8 Å². The van der Waals surface area contributed by atoms with Crippen LogP contribution in [0.2, 0.25) is 0 Å². The molecule has 1 heterocycles. The Labute approximate surface area is 104 Å². The van der Waals surface area contributed by atoms with E-state index in [1.54, 1.807) is 18.2 Å². The molecule has 1 aliphatic heterocycles. The van der Waals surface area contributed by atoms with E-state index in [0.717, 1.165) is 0 Å². The molecule has 1 aromatic carbocycles. The third kappa shape index (κ3) is 2.37. The van der Waals surface area contributed by atoms with Crippen molar-refractivity contribution in [2.45, 2.75) is 13.0 Å². The van der Waals surface area contributed by atoms with Gasteiger partial charge in [0.15, 0.2) is 17.6 Å². The van der Waals surface area contributed by atoms with Crippen molar-refractivity contribution in [3.8, 4) is 11.5 Å². The standard InChI is InChI=1S/C12H13NO5/c1-7(18-12(15)13-2)11(14)8-3-4-9-10(5-8)17-6-16-9/h3-5,7H,6H2,1-2H3,(H,13,15)/t7-/m0/s1. The molecule has 0 spiro atoms. The molecule has 1 N–H and O–H groups in total. The fraction of sp³-hybridized carbons (Fsp3) is 0.333. The van der Waals surface area contributed by atoms with Gasteiger partial charge in [0.05, 0.1) is 0 Å². The molecule has 0 radical (unpaired) electrons. The SMILES string of the molecule is CNC(=O)O[C@@H](C)C(=O)c1ccc2c(c1)OCO2. The highest BCUT2D eigenvalue weighted by Gasteiger charge is 2.22. The Balaban J connectivity index is 2.11. The largest absolute Gasteiger partial charge is 0.454 e. The molecule has 2 rings (SSSR count). The number of alkyl carbamates (subject to hydrolysis) is 1. The van der Waals surface area contributed by atoms with Crippen LogP contribution in [0.4, 0.5) is 4.79 Å². The second kappa shape index (κ2) is 4.95. The summed E-state index contributed by atoms with van der Waals surface area (Å²) in [7, 11) is 1.43. The van der Waals surface area contributed by atoms with E-state index in [2.05, 4.69) is 5.32 Å². The lowest BCUT2D eigenvalue weighted by molar-refractivity contribution is 0.0677. The van der Waals surface area contributed by atoms with Gasteiger partial charge >= 0.3 is 6.09 Å². The summed E-state index contributed by atoms with van der Waals surface area (Å²) in [5, 5.41) is 2.29. The number of hydrogen-bond acceptors (Lipinski definition) is 5. The molecule has 0 aromatic heterocycles. The average Bonchev–Trinajstić information content (AvgIpc) is 2.84. The number of carbonyl (C=O) groups is 2. The van der Waals surface area contributed by atoms with Gasteiger partial charge in [0.1, 0.15) is 0 Å². The number of fused-ring (bicyclic) bond motifs is 1. The molecule has 1 atom stereocenters. The van der Waals surface area contributed by atoms with Crippen LogP contribution in [0.5, 0.6) is 11.5 Å². The molecule has 1 amide bonds. The maximum atomic E-state index is 12.0. The van der Waals surface area contributed by atoms with E-state index in [0.29, 0.717) is 17.1 Å². The van der Waals surface area contributed by atoms with Crippen molar-refractivity contribution in [3.05, 3.63) is 23.8 Å². The fourth-order valence-electron chi connectivity index (χ4n) is 1.56. The predicted molar refractivity (Wildman–Crippen MR) is 61.9 cm³/mol. The zero-order valence-corrected chi connectivity index (χ0v) is 10.1. The lowest BCUT2D eigenvalue weighted by atomic mass is 10.1. The van der Waals surface area contributed by atoms with Crippen molar-refractivity contribution in [2.75, 3.05) is 13.8 Å². The first-order chi connectivity index (χ1) is 8.61. The van der Waals surface area contributed by atoms with Gasteiger partial charge in [-0.3, -0.25) is 4.79 Å². The number of rotatable bonds is 3. The number of nitrogens with one attached hydrogen (secondary N) is 1. The number of ether oxygens (including phenoxy) is 3. The number of ketones is 1. The molecule has 1 aliphatic rings. The fourth-order valence-corrected chi connectivity index (χ4v) is 1.56. The van der Waals surface area contributed by atoms with Gasteiger partial charge in [0.25, 0.3) is 0 Å². The number of hydrogen-bond donors (Lipinski definition) is 1. The first kappa shape index (κ1) is 12.2. The van der Waals surface area contributed by atoms with Gasteiger partial charge in [-0.15, -0.1) is 0 Å². The van der Waals surface area contributed by atoms with Crippen LogP contribution >= 0.6 is 0 Å². The first-order valence-corrected chi connectivity index (χ1v) is 5.44. The van der Waals surface area contributed by atoms with Crippen LogP contribution in [0.1, 0.15) is 17.3 Å². The molecule has 6 heteroatoms. The Bertz CT molecular complexity index is 485. The predicted octanol–water partition coefficient (Wildman–Crippen LogP) is 1.34. The van der Waals surface area contributed by atoms with E-state index in [1.807, 2.05) is 0 Å². The zero-order chi connectivity index (χ0) is 13.1. The van der Waals surface area contributed by atoms with Gasteiger partial charge in [0.2, 0.25) is 12.6 Å². The van der Waals surface area contributed by atoms with Crippen molar-refractivity contribution in [1.29, 1.82) is 0 Å². The highest BCUT2D eigenvalue weighted by atomic mass is 16.7. The van der Waals surface area contributed by atoms with Crippen molar-refractivity contribution in [2.24, 2.45) is 0 Å². The van der Waals surface area contributed by atoms with Crippen molar-refractivity contribution < 1.29 is 23.8 Å². The number of amides is 1. The third-order valence-electron chi connectivity index (χ3n) is 2.51. The van der Waals surface area contributed by atoms with Crippen molar-refractivity contribution in [1.82, 2.24) is 5.32 Å². The van der Waals surface area contributed by atoms with Gasteiger partial charge in [-0.25, -0.2) is 4.79 Å². The molecule has 1 aromatic rings. The minimum absolute atomic E-state index is 0.150. The van der Waals surface area contributed by atoms with Gasteiger partial charge in [-0.05, 0) is 25.1 Å². The topological polar surface area (TPSA) is 73.9 Å². The quantitative estimate of drug-likeness (QED) is 0.820. The molecular weight excluding hydrogens is 238 g/mol. The average molecular weight is 251 g/mol. The highest BCUT2D eigenvalue weighted by Crippen LogP contribution is 2.32. The number of Topliss-reactive ketones (excluding diaryl/α,β-unsaturated/α-hetero) is 1. The summed E-state index contributed by atoms with van der Waals surface area (Å²) in [5.74, 6) is 0.830. The molecule has 0 bridgehead atoms. The Morgan fingerprint density at radius 2 is 2.06 bits per heavy atom. The van der Waals surface area contributed by atoms with E-state index >= 15 is 0 Å². The second-order valence-corrected chi connectivity index (χ2v) is 3.73. The van der Waals surface area contributed by atoms with Crippen LogP contribution in [0.3, 0.4) is 0 Å². The molecule has 0 saturated heterocycles. The van der Waals surface area contributed by atoms with Gasteiger partial charge < -0.3 is 19.5 Å². The van der Waals surface area contributed by atoms with Crippen LogP contribution in [0.15, 0.2) is 18.2 Å². The second-order valence-electron chi connectivity index (χ2n) is 3.73. The summed E-state index contributed by atoms with van der Waals surface area (Å²) in [4.78, 5) is 23.0. The van der Waals surface area contributed by atoms with Gasteiger partial charge in [-0.2, -0.15) is 0 Å². The number of carbonyl (C=O) groups excluding carboxylic acids is 2. The highest BCUT2D eigenvalue weighted by molar-refractivity contribution is 6.00. The van der Waals surface area contributed by atoms with Crippen LogP contribution in [0, 0.1) is 0 Å². The summed E-state index contributed by atoms with van der Waals surface area (Å²) in [5.41, 5.74) is 0.413. The monoisotopic (exact) mass is 251 g/mol. The van der Waals surface area contributed by atoms with E-state index in [1.165, 1.54) is 14.0 Å². The van der Waals surface area contributed by atoms with Crippen LogP contribution in [0.25, 0.3) is 0 Å². The van der Waals surface area contributed by atoms with E-state index < -0.39 is 12.2 Å². The minimum Gasteiger partial charge on any atom is -0.454 e. The number of benzene rings is 1.